The Morgan fingerprint density at radius 2 is 2.00 bits per heavy atom. The second-order valence-corrected chi connectivity index (χ2v) is 5.09. The van der Waals surface area contributed by atoms with E-state index in [1.165, 1.54) is 5.57 Å². The van der Waals surface area contributed by atoms with Crippen LogP contribution in [0.1, 0.15) is 27.2 Å². The van der Waals surface area contributed by atoms with E-state index in [-0.39, 0.29) is 5.25 Å². The van der Waals surface area contributed by atoms with Crippen LogP contribution < -0.4 is 5.32 Å². The van der Waals surface area contributed by atoms with E-state index >= 15 is 0 Å². The first kappa shape index (κ1) is 14.0. The van der Waals surface area contributed by atoms with Gasteiger partial charge in [-0.05, 0) is 38.6 Å². The highest BCUT2D eigenvalue weighted by atomic mass is 32.1. The van der Waals surface area contributed by atoms with Crippen molar-refractivity contribution < 1.29 is 0 Å². The summed E-state index contributed by atoms with van der Waals surface area (Å²) in [4.78, 5) is 3.41. The van der Waals surface area contributed by atoms with E-state index < -0.39 is 0 Å². The first-order valence-electron chi connectivity index (χ1n) is 6.01. The van der Waals surface area contributed by atoms with Crippen molar-refractivity contribution in [2.24, 2.45) is 0 Å². The van der Waals surface area contributed by atoms with E-state index in [0.717, 1.165) is 43.2 Å². The number of hydrogen-bond donors (Lipinski definition) is 2. The third kappa shape index (κ3) is 3.22. The van der Waals surface area contributed by atoms with Gasteiger partial charge in [-0.1, -0.05) is 26.1 Å². The van der Waals surface area contributed by atoms with Crippen molar-refractivity contribution in [2.45, 2.75) is 32.4 Å². The van der Waals surface area contributed by atoms with Crippen molar-refractivity contribution in [3.05, 3.63) is 11.3 Å². The van der Waals surface area contributed by atoms with Crippen LogP contribution in [0.15, 0.2) is 11.3 Å². The fourth-order valence-electron chi connectivity index (χ4n) is 1.87. The summed E-state index contributed by atoms with van der Waals surface area (Å²) >= 11 is 9.64. The molecule has 2 nitrogen and oxygen atoms in total. The zero-order valence-electron chi connectivity index (χ0n) is 10.4. The fraction of sp³-hybridized carbons (Fsp3) is 0.750. The zero-order chi connectivity index (χ0) is 12.1. The van der Waals surface area contributed by atoms with E-state index in [0.29, 0.717) is 0 Å². The van der Waals surface area contributed by atoms with Crippen LogP contribution in [-0.2, 0) is 0 Å². The highest BCUT2D eigenvalue weighted by Gasteiger charge is 2.28. The third-order valence-electron chi connectivity index (χ3n) is 3.15. The molecule has 0 amide bonds. The molecule has 1 unspecified atom stereocenters. The number of nitrogens with one attached hydrogen (secondary N) is 1. The summed E-state index contributed by atoms with van der Waals surface area (Å²) in [6.45, 7) is 10.9. The lowest BCUT2D eigenvalue weighted by molar-refractivity contribution is 0.299. The Morgan fingerprint density at radius 1 is 1.38 bits per heavy atom. The number of hydrogen-bond acceptors (Lipinski definition) is 4. The standard InChI is InChI=1S/C12H22N2S2/c1-4-14(5-2)8-6-7-13-10-9(3)11(15)12(10)16/h11,13,15H,4-8H2,1-3H3. The monoisotopic (exact) mass is 258 g/mol. The Labute approximate surface area is 110 Å². The molecular weight excluding hydrogens is 236 g/mol. The number of nitrogens with zero attached hydrogens (tertiary/aromatic N) is 1. The largest absolute Gasteiger partial charge is 0.384 e. The van der Waals surface area contributed by atoms with Crippen LogP contribution >= 0.6 is 24.8 Å². The molecule has 0 saturated carbocycles. The molecule has 0 heterocycles. The molecule has 0 aliphatic heterocycles. The van der Waals surface area contributed by atoms with Gasteiger partial charge in [0.05, 0.1) is 15.8 Å². The molecule has 0 bridgehead atoms. The van der Waals surface area contributed by atoms with E-state index in [1.807, 2.05) is 0 Å². The number of rotatable bonds is 7. The molecule has 0 spiro atoms. The average Bonchev–Trinajstić information content (AvgIpc) is 2.32. The topological polar surface area (TPSA) is 15.3 Å². The van der Waals surface area contributed by atoms with Gasteiger partial charge in [-0.15, -0.1) is 0 Å². The van der Waals surface area contributed by atoms with E-state index in [9.17, 15) is 0 Å². The average molecular weight is 258 g/mol. The molecule has 92 valence electrons. The van der Waals surface area contributed by atoms with Gasteiger partial charge in [0.25, 0.3) is 0 Å². The van der Waals surface area contributed by atoms with Crippen molar-refractivity contribution in [3.63, 3.8) is 0 Å². The van der Waals surface area contributed by atoms with Crippen LogP contribution in [-0.4, -0.2) is 41.2 Å². The number of thiocarbonyl (C=S) groups is 1. The van der Waals surface area contributed by atoms with E-state index in [4.69, 9.17) is 12.2 Å². The molecule has 0 aromatic rings. The third-order valence-corrected chi connectivity index (χ3v) is 4.41. The van der Waals surface area contributed by atoms with Crippen molar-refractivity contribution in [1.82, 2.24) is 10.2 Å². The minimum atomic E-state index is 0.209. The summed E-state index contributed by atoms with van der Waals surface area (Å²) in [6.07, 6.45) is 1.16. The van der Waals surface area contributed by atoms with Gasteiger partial charge in [-0.3, -0.25) is 0 Å². The predicted molar refractivity (Wildman–Crippen MR) is 78.5 cm³/mol. The molecule has 1 aliphatic carbocycles. The molecular formula is C12H22N2S2. The lowest BCUT2D eigenvalue weighted by Gasteiger charge is -2.30. The van der Waals surface area contributed by atoms with Gasteiger partial charge in [0.15, 0.2) is 0 Å². The molecule has 1 N–H and O–H groups in total. The smallest absolute Gasteiger partial charge is 0.0619 e. The minimum Gasteiger partial charge on any atom is -0.384 e. The zero-order valence-corrected chi connectivity index (χ0v) is 12.1. The lowest BCUT2D eigenvalue weighted by atomic mass is 9.94. The second-order valence-electron chi connectivity index (χ2n) is 4.13. The summed E-state index contributed by atoms with van der Waals surface area (Å²) in [5, 5.41) is 3.62. The summed E-state index contributed by atoms with van der Waals surface area (Å²) < 4.78 is 0. The summed E-state index contributed by atoms with van der Waals surface area (Å²) in [5.74, 6) is 0. The molecule has 1 atom stereocenters. The van der Waals surface area contributed by atoms with Crippen LogP contribution in [0.3, 0.4) is 0 Å². The van der Waals surface area contributed by atoms with E-state index in [1.54, 1.807) is 0 Å². The molecule has 1 aliphatic rings. The lowest BCUT2D eigenvalue weighted by Crippen LogP contribution is -2.38. The van der Waals surface area contributed by atoms with Crippen molar-refractivity contribution in [1.29, 1.82) is 0 Å². The van der Waals surface area contributed by atoms with E-state index in [2.05, 4.69) is 43.6 Å². The SMILES string of the molecule is CCN(CC)CCCNC1=C(C)C(S)C1=S. The first-order valence-corrected chi connectivity index (χ1v) is 6.93. The van der Waals surface area contributed by atoms with Gasteiger partial charge in [-0.25, -0.2) is 0 Å². The Morgan fingerprint density at radius 3 is 2.50 bits per heavy atom. The summed E-state index contributed by atoms with van der Waals surface area (Å²) in [6, 6.07) is 0. The Bertz CT molecular complexity index is 283. The quantitative estimate of drug-likeness (QED) is 0.414. The van der Waals surface area contributed by atoms with Gasteiger partial charge in [-0.2, -0.15) is 12.6 Å². The number of thiol groups is 1. The highest BCUT2D eigenvalue weighted by Crippen LogP contribution is 2.28. The fourth-order valence-corrected chi connectivity index (χ4v) is 2.54. The Kier molecular flexibility index (Phi) is 5.79. The minimum absolute atomic E-state index is 0.209. The van der Waals surface area contributed by atoms with Crippen LogP contribution in [0.25, 0.3) is 0 Å². The predicted octanol–water partition coefficient (Wildman–Crippen LogP) is 2.26. The van der Waals surface area contributed by atoms with Crippen LogP contribution in [0.2, 0.25) is 0 Å². The molecule has 0 saturated heterocycles. The van der Waals surface area contributed by atoms with Gasteiger partial charge >= 0.3 is 0 Å². The van der Waals surface area contributed by atoms with Crippen molar-refractivity contribution >= 4 is 29.7 Å². The van der Waals surface area contributed by atoms with Gasteiger partial charge in [0.2, 0.25) is 0 Å². The Balaban J connectivity index is 2.20. The normalized spacial score (nSPS) is 20.3. The van der Waals surface area contributed by atoms with Crippen LogP contribution in [0.5, 0.6) is 0 Å². The van der Waals surface area contributed by atoms with Crippen molar-refractivity contribution in [2.75, 3.05) is 26.2 Å². The first-order chi connectivity index (χ1) is 7.61. The molecule has 16 heavy (non-hydrogen) atoms. The molecule has 1 rings (SSSR count). The van der Waals surface area contributed by atoms with Gasteiger partial charge in [0, 0.05) is 6.54 Å². The number of allylic oxidation sites excluding steroid dienone is 1. The van der Waals surface area contributed by atoms with Gasteiger partial charge < -0.3 is 10.2 Å². The molecule has 0 fully saturated rings. The molecule has 0 aromatic heterocycles. The maximum atomic E-state index is 5.24. The second kappa shape index (κ2) is 6.62. The maximum Gasteiger partial charge on any atom is 0.0619 e. The summed E-state index contributed by atoms with van der Waals surface area (Å²) in [5.41, 5.74) is 2.45. The van der Waals surface area contributed by atoms with Crippen LogP contribution in [0.4, 0.5) is 0 Å². The van der Waals surface area contributed by atoms with Crippen LogP contribution in [0, 0.1) is 0 Å². The van der Waals surface area contributed by atoms with Crippen molar-refractivity contribution in [3.8, 4) is 0 Å². The molecule has 4 heteroatoms. The molecule has 0 radical (unpaired) electrons. The van der Waals surface area contributed by atoms with Gasteiger partial charge in [0.1, 0.15) is 0 Å². The summed E-state index contributed by atoms with van der Waals surface area (Å²) in [7, 11) is 0. The maximum absolute atomic E-state index is 5.24. The molecule has 0 aromatic carbocycles. The highest BCUT2D eigenvalue weighted by molar-refractivity contribution is 7.87. The Hall–Kier alpha value is -0.0600.